The first-order valence-corrected chi connectivity index (χ1v) is 9.95. The maximum atomic E-state index is 13.2. The highest BCUT2D eigenvalue weighted by atomic mass is 32.1. The predicted molar refractivity (Wildman–Crippen MR) is 104 cm³/mol. The van der Waals surface area contributed by atoms with E-state index < -0.39 is 6.04 Å². The van der Waals surface area contributed by atoms with Gasteiger partial charge in [-0.3, -0.25) is 9.59 Å². The van der Waals surface area contributed by atoms with Crippen molar-refractivity contribution in [3.8, 4) is 0 Å². The number of benzene rings is 1. The molecule has 4 rings (SSSR count). The molecule has 0 bridgehead atoms. The number of carbonyl (C=O) groups excluding carboxylic acids is 2. The fraction of sp³-hybridized carbons (Fsp3) is 0.300. The smallest absolute Gasteiger partial charge is 0.276 e. The fourth-order valence-corrected chi connectivity index (χ4v) is 3.54. The molecule has 144 valence electrons. The first-order valence-electron chi connectivity index (χ1n) is 9.11. The molecule has 8 heteroatoms. The van der Waals surface area contributed by atoms with Crippen molar-refractivity contribution in [3.05, 3.63) is 70.6 Å². The molecule has 2 aromatic heterocycles. The van der Waals surface area contributed by atoms with E-state index in [1.54, 1.807) is 22.4 Å². The van der Waals surface area contributed by atoms with Gasteiger partial charge in [-0.05, 0) is 49.0 Å². The van der Waals surface area contributed by atoms with Crippen molar-refractivity contribution in [1.82, 2.24) is 19.8 Å². The number of carbonyl (C=O) groups is 2. The molecule has 0 aliphatic heterocycles. The van der Waals surface area contributed by atoms with Crippen molar-refractivity contribution in [2.24, 2.45) is 0 Å². The van der Waals surface area contributed by atoms with Crippen LogP contribution in [0.15, 0.2) is 52.3 Å². The van der Waals surface area contributed by atoms with Gasteiger partial charge in [-0.15, -0.1) is 5.10 Å². The summed E-state index contributed by atoms with van der Waals surface area (Å²) in [5.41, 5.74) is 1.24. The number of nitrogens with one attached hydrogen (secondary N) is 1. The Morgan fingerprint density at radius 3 is 2.64 bits per heavy atom. The zero-order valence-electron chi connectivity index (χ0n) is 15.4. The average Bonchev–Trinajstić information content (AvgIpc) is 3.21. The second kappa shape index (κ2) is 7.93. The highest BCUT2D eigenvalue weighted by molar-refractivity contribution is 7.03. The highest BCUT2D eigenvalue weighted by Crippen LogP contribution is 2.36. The van der Waals surface area contributed by atoms with E-state index in [1.165, 1.54) is 0 Å². The summed E-state index contributed by atoms with van der Waals surface area (Å²) >= 11 is 1.11. The van der Waals surface area contributed by atoms with Gasteiger partial charge in [0.15, 0.2) is 11.7 Å². The van der Waals surface area contributed by atoms with Crippen LogP contribution in [-0.4, -0.2) is 32.3 Å². The molecule has 0 spiro atoms. The van der Waals surface area contributed by atoms with Crippen LogP contribution in [0.2, 0.25) is 0 Å². The average molecular weight is 396 g/mol. The number of hydrogen-bond donors (Lipinski definition) is 1. The minimum atomic E-state index is -0.848. The largest absolute Gasteiger partial charge is 0.464 e. The molecular weight excluding hydrogens is 376 g/mol. The van der Waals surface area contributed by atoms with E-state index >= 15 is 0 Å². The lowest BCUT2D eigenvalue weighted by molar-refractivity contribution is -0.126. The Bertz CT molecular complexity index is 951. The first-order chi connectivity index (χ1) is 13.6. The Morgan fingerprint density at radius 1 is 1.25 bits per heavy atom. The summed E-state index contributed by atoms with van der Waals surface area (Å²) in [5.74, 6) is 0.563. The van der Waals surface area contributed by atoms with Gasteiger partial charge in [-0.25, -0.2) is 0 Å². The summed E-state index contributed by atoms with van der Waals surface area (Å²) < 4.78 is 9.54. The maximum absolute atomic E-state index is 13.2. The van der Waals surface area contributed by atoms with Gasteiger partial charge in [0.25, 0.3) is 11.8 Å². The van der Waals surface area contributed by atoms with Crippen LogP contribution in [0.5, 0.6) is 0 Å². The summed E-state index contributed by atoms with van der Waals surface area (Å²) in [4.78, 5) is 27.9. The van der Waals surface area contributed by atoms with Crippen LogP contribution >= 0.6 is 11.5 Å². The van der Waals surface area contributed by atoms with E-state index in [4.69, 9.17) is 4.42 Å². The standard InChI is InChI=1S/C20H20N4O3S/c1-13-7-10-17(27-13)18(19(25)21-11-14-5-3-2-4-6-14)24(15-8-9-15)20(26)16-12-28-23-22-16/h2-7,10,12,15,18H,8-9,11H2,1H3,(H,21,25)/t18-/m0/s1. The number of amides is 2. The molecule has 1 aromatic carbocycles. The minimum Gasteiger partial charge on any atom is -0.464 e. The minimum absolute atomic E-state index is 0.00733. The van der Waals surface area contributed by atoms with E-state index in [9.17, 15) is 9.59 Å². The Morgan fingerprint density at radius 2 is 2.04 bits per heavy atom. The second-order valence-corrected chi connectivity index (χ2v) is 7.40. The zero-order chi connectivity index (χ0) is 19.5. The molecule has 3 aromatic rings. The van der Waals surface area contributed by atoms with Gasteiger partial charge in [-0.2, -0.15) is 0 Å². The van der Waals surface area contributed by atoms with Gasteiger partial charge >= 0.3 is 0 Å². The van der Waals surface area contributed by atoms with Crippen molar-refractivity contribution >= 4 is 23.3 Å². The van der Waals surface area contributed by atoms with Gasteiger partial charge in [0, 0.05) is 18.0 Å². The Labute approximate surface area is 166 Å². The van der Waals surface area contributed by atoms with Crippen LogP contribution in [0, 0.1) is 6.92 Å². The zero-order valence-corrected chi connectivity index (χ0v) is 16.2. The third-order valence-electron chi connectivity index (χ3n) is 4.62. The molecule has 0 unspecified atom stereocenters. The van der Waals surface area contributed by atoms with Gasteiger partial charge in [-0.1, -0.05) is 34.8 Å². The molecule has 1 aliphatic rings. The molecular formula is C20H20N4O3S. The van der Waals surface area contributed by atoms with E-state index in [2.05, 4.69) is 14.9 Å². The SMILES string of the molecule is Cc1ccc([C@@H](C(=O)NCc2ccccc2)N(C(=O)c2csnn2)C2CC2)o1. The molecule has 2 amide bonds. The number of aromatic nitrogens is 2. The summed E-state index contributed by atoms with van der Waals surface area (Å²) in [6.07, 6.45) is 1.71. The fourth-order valence-electron chi connectivity index (χ4n) is 3.11. The van der Waals surface area contributed by atoms with Gasteiger partial charge < -0.3 is 14.6 Å². The monoisotopic (exact) mass is 396 g/mol. The molecule has 1 aliphatic carbocycles. The molecule has 1 atom stereocenters. The first kappa shape index (κ1) is 18.4. The Kier molecular flexibility index (Phi) is 5.21. The van der Waals surface area contributed by atoms with Crippen LogP contribution in [0.1, 0.15) is 46.5 Å². The summed E-state index contributed by atoms with van der Waals surface area (Å²) in [6, 6.07) is 12.3. The van der Waals surface area contributed by atoms with Crippen LogP contribution < -0.4 is 5.32 Å². The van der Waals surface area contributed by atoms with Crippen LogP contribution in [0.25, 0.3) is 0 Å². The van der Waals surface area contributed by atoms with Crippen molar-refractivity contribution < 1.29 is 14.0 Å². The molecule has 1 N–H and O–H groups in total. The normalized spacial score (nSPS) is 14.5. The molecule has 0 radical (unpaired) electrons. The molecule has 2 heterocycles. The van der Waals surface area contributed by atoms with Crippen LogP contribution in [-0.2, 0) is 11.3 Å². The molecule has 1 fully saturated rings. The van der Waals surface area contributed by atoms with E-state index in [0.29, 0.717) is 18.1 Å². The van der Waals surface area contributed by atoms with E-state index in [1.807, 2.05) is 37.3 Å². The van der Waals surface area contributed by atoms with Gasteiger partial charge in [0.1, 0.15) is 11.5 Å². The van der Waals surface area contributed by atoms with Crippen molar-refractivity contribution in [1.29, 1.82) is 0 Å². The van der Waals surface area contributed by atoms with Crippen LogP contribution in [0.3, 0.4) is 0 Å². The number of nitrogens with zero attached hydrogens (tertiary/aromatic N) is 3. The summed E-state index contributed by atoms with van der Waals surface area (Å²) in [6.45, 7) is 2.19. The van der Waals surface area contributed by atoms with Crippen molar-refractivity contribution in [2.75, 3.05) is 0 Å². The third kappa shape index (κ3) is 3.96. The lowest BCUT2D eigenvalue weighted by atomic mass is 10.1. The topological polar surface area (TPSA) is 88.3 Å². The predicted octanol–water partition coefficient (Wildman–Crippen LogP) is 3.10. The van der Waals surface area contributed by atoms with Crippen molar-refractivity contribution in [3.63, 3.8) is 0 Å². The summed E-state index contributed by atoms with van der Waals surface area (Å²) in [5, 5.41) is 8.44. The number of rotatable bonds is 7. The molecule has 28 heavy (non-hydrogen) atoms. The lowest BCUT2D eigenvalue weighted by Gasteiger charge is -2.29. The number of aryl methyl sites for hydroxylation is 1. The highest BCUT2D eigenvalue weighted by Gasteiger charge is 2.43. The maximum Gasteiger partial charge on any atom is 0.276 e. The Hall–Kier alpha value is -3.00. The summed E-state index contributed by atoms with van der Waals surface area (Å²) in [7, 11) is 0. The third-order valence-corrected chi connectivity index (χ3v) is 5.13. The van der Waals surface area contributed by atoms with E-state index in [-0.39, 0.29) is 23.6 Å². The lowest BCUT2D eigenvalue weighted by Crippen LogP contribution is -2.44. The van der Waals surface area contributed by atoms with Crippen LogP contribution in [0.4, 0.5) is 0 Å². The number of hydrogen-bond acceptors (Lipinski definition) is 6. The Balaban J connectivity index is 1.62. The van der Waals surface area contributed by atoms with Crippen molar-refractivity contribution in [2.45, 2.75) is 38.4 Å². The second-order valence-electron chi connectivity index (χ2n) is 6.79. The van der Waals surface area contributed by atoms with E-state index in [0.717, 1.165) is 29.9 Å². The molecule has 7 nitrogen and oxygen atoms in total. The van der Waals surface area contributed by atoms with Gasteiger partial charge in [0.05, 0.1) is 0 Å². The van der Waals surface area contributed by atoms with Gasteiger partial charge in [0.2, 0.25) is 0 Å². The molecule has 0 saturated heterocycles. The number of furan rings is 1. The molecule has 1 saturated carbocycles. The quantitative estimate of drug-likeness (QED) is 0.663.